The van der Waals surface area contributed by atoms with E-state index in [-0.39, 0.29) is 10.3 Å². The molecule has 0 radical (unpaired) electrons. The monoisotopic (exact) mass is 337 g/mol. The molecule has 3 nitrogen and oxygen atoms in total. The maximum Gasteiger partial charge on any atom is 0.240 e. The van der Waals surface area contributed by atoms with E-state index in [2.05, 4.69) is 20.7 Å². The van der Waals surface area contributed by atoms with Gasteiger partial charge >= 0.3 is 0 Å². The van der Waals surface area contributed by atoms with Crippen molar-refractivity contribution >= 4 is 37.6 Å². The molecule has 0 atom stereocenters. The molecule has 1 N–H and O–H groups in total. The Balaban J connectivity index is 2.09. The Morgan fingerprint density at radius 1 is 1.41 bits per heavy atom. The summed E-state index contributed by atoms with van der Waals surface area (Å²) in [6, 6.07) is 6.29. The van der Waals surface area contributed by atoms with E-state index < -0.39 is 10.0 Å². The smallest absolute Gasteiger partial charge is 0.211 e. The van der Waals surface area contributed by atoms with Crippen molar-refractivity contribution in [1.82, 2.24) is 4.72 Å². The van der Waals surface area contributed by atoms with Gasteiger partial charge in [-0.15, -0.1) is 0 Å². The van der Waals surface area contributed by atoms with Crippen LogP contribution >= 0.6 is 27.5 Å². The Morgan fingerprint density at radius 3 is 2.65 bits per heavy atom. The van der Waals surface area contributed by atoms with Gasteiger partial charge in [-0.05, 0) is 36.5 Å². The average Bonchev–Trinajstić information content (AvgIpc) is 3.07. The Kier molecular flexibility index (Phi) is 3.83. The molecule has 0 spiro atoms. The van der Waals surface area contributed by atoms with Crippen LogP contribution in [0.3, 0.4) is 0 Å². The number of hydrogen-bond acceptors (Lipinski definition) is 2. The van der Waals surface area contributed by atoms with Crippen molar-refractivity contribution in [3.05, 3.63) is 29.3 Å². The molecule has 0 unspecified atom stereocenters. The van der Waals surface area contributed by atoms with E-state index >= 15 is 0 Å². The molecule has 1 fully saturated rings. The third kappa shape index (κ3) is 3.22. The lowest BCUT2D eigenvalue weighted by Crippen LogP contribution is -2.31. The van der Waals surface area contributed by atoms with Gasteiger partial charge in [0.2, 0.25) is 10.0 Å². The molecule has 0 bridgehead atoms. The van der Waals surface area contributed by atoms with E-state index in [1.807, 2.05) is 0 Å². The second-order valence-corrected chi connectivity index (χ2v) is 7.18. The number of halogens is 2. The summed E-state index contributed by atoms with van der Waals surface area (Å²) in [7, 11) is -3.44. The first-order valence-corrected chi connectivity index (χ1v) is 8.27. The van der Waals surface area contributed by atoms with E-state index in [9.17, 15) is 8.42 Å². The summed E-state index contributed by atoms with van der Waals surface area (Å²) >= 11 is 9.19. The topological polar surface area (TPSA) is 46.2 Å². The molecule has 1 aliphatic rings. The molecule has 0 heterocycles. The van der Waals surface area contributed by atoms with Crippen LogP contribution in [0.2, 0.25) is 5.02 Å². The van der Waals surface area contributed by atoms with Crippen molar-refractivity contribution in [2.45, 2.75) is 17.7 Å². The third-order valence-corrected chi connectivity index (χ3v) is 5.81. The number of rotatable bonds is 5. The van der Waals surface area contributed by atoms with Crippen LogP contribution in [0.1, 0.15) is 12.8 Å². The van der Waals surface area contributed by atoms with Crippen molar-refractivity contribution < 1.29 is 8.42 Å². The van der Waals surface area contributed by atoms with Crippen LogP contribution in [0.15, 0.2) is 29.2 Å². The lowest BCUT2D eigenvalue weighted by molar-refractivity contribution is 0.538. The van der Waals surface area contributed by atoms with E-state index in [4.69, 9.17) is 11.6 Å². The highest BCUT2D eigenvalue weighted by atomic mass is 79.9. The van der Waals surface area contributed by atoms with Crippen molar-refractivity contribution in [1.29, 1.82) is 0 Å². The summed E-state index contributed by atoms with van der Waals surface area (Å²) in [5, 5.41) is 1.26. The molecular formula is C11H13BrClNO2S. The van der Waals surface area contributed by atoms with Gasteiger partial charge in [0.1, 0.15) is 0 Å². The number of alkyl halides is 1. The molecule has 0 aliphatic heterocycles. The fourth-order valence-electron chi connectivity index (χ4n) is 1.50. The first-order chi connectivity index (χ1) is 7.97. The summed E-state index contributed by atoms with van der Waals surface area (Å²) in [6.07, 6.45) is 2.13. The summed E-state index contributed by atoms with van der Waals surface area (Å²) in [4.78, 5) is 0.218. The normalized spacial score (nSPS) is 18.0. The summed E-state index contributed by atoms with van der Waals surface area (Å²) in [5.41, 5.74) is 0.117. The van der Waals surface area contributed by atoms with Gasteiger partial charge in [-0.1, -0.05) is 33.6 Å². The van der Waals surface area contributed by atoms with Gasteiger partial charge in [0.05, 0.1) is 4.90 Å². The first kappa shape index (κ1) is 13.3. The zero-order valence-electron chi connectivity index (χ0n) is 9.12. The molecule has 94 valence electrons. The quantitative estimate of drug-likeness (QED) is 0.839. The Hall–Kier alpha value is -0.100. The molecule has 0 amide bonds. The highest BCUT2D eigenvalue weighted by molar-refractivity contribution is 9.09. The highest BCUT2D eigenvalue weighted by Crippen LogP contribution is 2.46. The van der Waals surface area contributed by atoms with E-state index in [1.54, 1.807) is 18.2 Å². The predicted molar refractivity (Wildman–Crippen MR) is 72.1 cm³/mol. The minimum Gasteiger partial charge on any atom is -0.211 e. The molecule has 1 aromatic carbocycles. The molecule has 1 aliphatic carbocycles. The number of sulfonamides is 1. The fraction of sp³-hybridized carbons (Fsp3) is 0.455. The highest BCUT2D eigenvalue weighted by Gasteiger charge is 2.42. The van der Waals surface area contributed by atoms with Crippen molar-refractivity contribution in [3.8, 4) is 0 Å². The van der Waals surface area contributed by atoms with E-state index in [0.717, 1.165) is 18.2 Å². The Bertz CT molecular complexity index is 514. The first-order valence-electron chi connectivity index (χ1n) is 5.29. The standard InChI is InChI=1S/C11H13BrClNO2S/c12-7-11(4-5-11)8-14-17(15,16)10-3-1-2-9(13)6-10/h1-3,6,14H,4-5,7-8H2. The summed E-state index contributed by atoms with van der Waals surface area (Å²) < 4.78 is 26.6. The van der Waals surface area contributed by atoms with Gasteiger partial charge in [0, 0.05) is 16.9 Å². The average molecular weight is 339 g/mol. The lowest BCUT2D eigenvalue weighted by atomic mass is 10.1. The van der Waals surface area contributed by atoms with E-state index in [1.165, 1.54) is 6.07 Å². The molecule has 0 saturated heterocycles. The zero-order valence-corrected chi connectivity index (χ0v) is 12.3. The number of benzene rings is 1. The second-order valence-electron chi connectivity index (χ2n) is 4.42. The maximum absolute atomic E-state index is 12.0. The van der Waals surface area contributed by atoms with Crippen molar-refractivity contribution in [2.24, 2.45) is 5.41 Å². The molecule has 0 aromatic heterocycles. The van der Waals surface area contributed by atoms with Crippen LogP contribution < -0.4 is 4.72 Å². The minimum atomic E-state index is -3.44. The van der Waals surface area contributed by atoms with Gasteiger partial charge < -0.3 is 0 Å². The maximum atomic E-state index is 12.0. The number of nitrogens with one attached hydrogen (secondary N) is 1. The molecule has 17 heavy (non-hydrogen) atoms. The fourth-order valence-corrected chi connectivity index (χ4v) is 3.72. The zero-order chi connectivity index (χ0) is 12.5. The van der Waals surface area contributed by atoms with E-state index in [0.29, 0.717) is 11.6 Å². The van der Waals surface area contributed by atoms with Gasteiger partial charge in [-0.3, -0.25) is 0 Å². The molecule has 6 heteroatoms. The van der Waals surface area contributed by atoms with Crippen LogP contribution in [-0.4, -0.2) is 20.3 Å². The third-order valence-electron chi connectivity index (χ3n) is 2.98. The van der Waals surface area contributed by atoms with Crippen molar-refractivity contribution in [3.63, 3.8) is 0 Å². The summed E-state index contributed by atoms with van der Waals surface area (Å²) in [5.74, 6) is 0. The number of hydrogen-bond donors (Lipinski definition) is 1. The van der Waals surface area contributed by atoms with Crippen LogP contribution in [-0.2, 0) is 10.0 Å². The molecule has 1 saturated carbocycles. The largest absolute Gasteiger partial charge is 0.240 e. The Labute approximate surface area is 115 Å². The molecule has 1 aromatic rings. The van der Waals surface area contributed by atoms with Crippen LogP contribution in [0, 0.1) is 5.41 Å². The molecular weight excluding hydrogens is 326 g/mol. The summed E-state index contributed by atoms with van der Waals surface area (Å²) in [6.45, 7) is 0.479. The van der Waals surface area contributed by atoms with Gasteiger partial charge in [0.15, 0.2) is 0 Å². The van der Waals surface area contributed by atoms with Gasteiger partial charge in [0.25, 0.3) is 0 Å². The minimum absolute atomic E-state index is 0.117. The second kappa shape index (κ2) is 4.88. The van der Waals surface area contributed by atoms with Crippen LogP contribution in [0.4, 0.5) is 0 Å². The van der Waals surface area contributed by atoms with Gasteiger partial charge in [-0.2, -0.15) is 0 Å². The predicted octanol–water partition coefficient (Wildman–Crippen LogP) is 2.79. The van der Waals surface area contributed by atoms with Gasteiger partial charge in [-0.25, -0.2) is 13.1 Å². The lowest BCUT2D eigenvalue weighted by Gasteiger charge is -2.13. The van der Waals surface area contributed by atoms with Crippen LogP contribution in [0.25, 0.3) is 0 Å². The Morgan fingerprint density at radius 2 is 2.12 bits per heavy atom. The van der Waals surface area contributed by atoms with Crippen LogP contribution in [0.5, 0.6) is 0 Å². The van der Waals surface area contributed by atoms with Crippen molar-refractivity contribution in [2.75, 3.05) is 11.9 Å². The SMILES string of the molecule is O=S(=O)(NCC1(CBr)CC1)c1cccc(Cl)c1. The molecule has 2 rings (SSSR count).